The molecule has 0 aliphatic heterocycles. The first kappa shape index (κ1) is 9.86. The first-order chi connectivity index (χ1) is 6.22. The van der Waals surface area contributed by atoms with Gasteiger partial charge in [0.05, 0.1) is 13.8 Å². The van der Waals surface area contributed by atoms with E-state index in [0.29, 0.717) is 0 Å². The van der Waals surface area contributed by atoms with Gasteiger partial charge in [-0.1, -0.05) is 0 Å². The van der Waals surface area contributed by atoms with E-state index >= 15 is 0 Å². The summed E-state index contributed by atoms with van der Waals surface area (Å²) in [5.41, 5.74) is 1.11. The average molecular weight is 180 g/mol. The zero-order valence-corrected chi connectivity index (χ0v) is 8.37. The minimum absolute atomic E-state index is 0.840. The van der Waals surface area contributed by atoms with E-state index in [0.717, 1.165) is 18.1 Å². The molecule has 72 valence electrons. The fraction of sp³-hybridized carbons (Fsp3) is 0.400. The van der Waals surface area contributed by atoms with Gasteiger partial charge in [0.2, 0.25) is 0 Å². The van der Waals surface area contributed by atoms with Gasteiger partial charge in [0, 0.05) is 5.69 Å². The predicted octanol–water partition coefficient (Wildman–Crippen LogP) is 1.63. The molecule has 0 saturated heterocycles. The summed E-state index contributed by atoms with van der Waals surface area (Å²) in [4.78, 5) is 2.07. The molecular formula is C10H16N2O. The van der Waals surface area contributed by atoms with E-state index in [1.54, 1.807) is 7.11 Å². The normalized spacial score (nSPS) is 10.2. The summed E-state index contributed by atoms with van der Waals surface area (Å²) in [6.45, 7) is 0.840. The van der Waals surface area contributed by atoms with Gasteiger partial charge in [-0.05, 0) is 38.4 Å². The molecule has 0 bridgehead atoms. The van der Waals surface area contributed by atoms with Crippen LogP contribution in [-0.4, -0.2) is 32.8 Å². The Morgan fingerprint density at radius 1 is 1.23 bits per heavy atom. The number of nitrogens with zero attached hydrogens (tertiary/aromatic N) is 1. The molecule has 1 rings (SSSR count). The van der Waals surface area contributed by atoms with Crippen LogP contribution >= 0.6 is 0 Å². The fourth-order valence-corrected chi connectivity index (χ4v) is 0.958. The number of hydrogen-bond donors (Lipinski definition) is 1. The molecule has 0 aromatic heterocycles. The highest BCUT2D eigenvalue weighted by atomic mass is 16.5. The maximum Gasteiger partial charge on any atom is 0.119 e. The van der Waals surface area contributed by atoms with Crippen molar-refractivity contribution >= 4 is 5.69 Å². The van der Waals surface area contributed by atoms with Crippen LogP contribution in [-0.2, 0) is 0 Å². The van der Waals surface area contributed by atoms with Crippen LogP contribution in [0.2, 0.25) is 0 Å². The Kier molecular flexibility index (Phi) is 3.58. The van der Waals surface area contributed by atoms with Crippen molar-refractivity contribution in [1.82, 2.24) is 4.90 Å². The molecule has 0 amide bonds. The highest BCUT2D eigenvalue weighted by molar-refractivity contribution is 5.46. The molecule has 1 N–H and O–H groups in total. The van der Waals surface area contributed by atoms with E-state index in [-0.39, 0.29) is 0 Å². The SMILES string of the molecule is COc1ccc(NCN(C)C)cc1. The van der Waals surface area contributed by atoms with Crippen LogP contribution in [0.1, 0.15) is 0 Å². The molecule has 0 unspecified atom stereocenters. The van der Waals surface area contributed by atoms with Gasteiger partial charge < -0.3 is 10.1 Å². The van der Waals surface area contributed by atoms with Crippen molar-refractivity contribution in [3.8, 4) is 5.75 Å². The van der Waals surface area contributed by atoms with E-state index in [1.807, 2.05) is 38.4 Å². The lowest BCUT2D eigenvalue weighted by atomic mass is 10.3. The van der Waals surface area contributed by atoms with E-state index in [1.165, 1.54) is 0 Å². The number of ether oxygens (including phenoxy) is 1. The highest BCUT2D eigenvalue weighted by Gasteiger charge is 1.93. The Balaban J connectivity index is 2.49. The third-order valence-electron chi connectivity index (χ3n) is 1.69. The van der Waals surface area contributed by atoms with Crippen molar-refractivity contribution in [2.45, 2.75) is 0 Å². The molecule has 3 heteroatoms. The molecule has 0 heterocycles. The summed E-state index contributed by atoms with van der Waals surface area (Å²) in [5.74, 6) is 0.885. The molecule has 0 spiro atoms. The maximum atomic E-state index is 5.06. The number of benzene rings is 1. The smallest absolute Gasteiger partial charge is 0.119 e. The number of methoxy groups -OCH3 is 1. The molecule has 0 atom stereocenters. The monoisotopic (exact) mass is 180 g/mol. The summed E-state index contributed by atoms with van der Waals surface area (Å²) in [7, 11) is 5.72. The Bertz CT molecular complexity index is 244. The van der Waals surface area contributed by atoms with Gasteiger partial charge in [-0.3, -0.25) is 4.90 Å². The molecule has 3 nitrogen and oxygen atoms in total. The van der Waals surface area contributed by atoms with Crippen LogP contribution in [0.25, 0.3) is 0 Å². The van der Waals surface area contributed by atoms with Crippen LogP contribution in [0.3, 0.4) is 0 Å². The molecule has 0 saturated carbocycles. The van der Waals surface area contributed by atoms with E-state index < -0.39 is 0 Å². The Morgan fingerprint density at radius 2 is 1.85 bits per heavy atom. The van der Waals surface area contributed by atoms with Crippen molar-refractivity contribution in [2.24, 2.45) is 0 Å². The van der Waals surface area contributed by atoms with Gasteiger partial charge in [-0.15, -0.1) is 0 Å². The number of hydrogen-bond acceptors (Lipinski definition) is 3. The Labute approximate surface area is 79.3 Å². The second-order valence-corrected chi connectivity index (χ2v) is 3.14. The summed E-state index contributed by atoms with van der Waals surface area (Å²) >= 11 is 0. The summed E-state index contributed by atoms with van der Waals surface area (Å²) < 4.78 is 5.06. The van der Waals surface area contributed by atoms with Crippen LogP contribution < -0.4 is 10.1 Å². The fourth-order valence-electron chi connectivity index (χ4n) is 0.958. The number of rotatable bonds is 4. The van der Waals surface area contributed by atoms with Gasteiger partial charge in [-0.25, -0.2) is 0 Å². The lowest BCUT2D eigenvalue weighted by Gasteiger charge is -2.12. The average Bonchev–Trinajstić information content (AvgIpc) is 2.15. The van der Waals surface area contributed by atoms with E-state index in [2.05, 4.69) is 10.2 Å². The predicted molar refractivity (Wildman–Crippen MR) is 55.2 cm³/mol. The van der Waals surface area contributed by atoms with E-state index in [4.69, 9.17) is 4.74 Å². The molecular weight excluding hydrogens is 164 g/mol. The maximum absolute atomic E-state index is 5.06. The van der Waals surface area contributed by atoms with Crippen molar-refractivity contribution in [3.63, 3.8) is 0 Å². The van der Waals surface area contributed by atoms with Crippen molar-refractivity contribution in [3.05, 3.63) is 24.3 Å². The molecule has 1 aromatic carbocycles. The quantitative estimate of drug-likeness (QED) is 0.713. The first-order valence-corrected chi connectivity index (χ1v) is 4.25. The second kappa shape index (κ2) is 4.72. The highest BCUT2D eigenvalue weighted by Crippen LogP contribution is 2.14. The van der Waals surface area contributed by atoms with Crippen molar-refractivity contribution in [2.75, 3.05) is 33.2 Å². The van der Waals surface area contributed by atoms with Crippen molar-refractivity contribution in [1.29, 1.82) is 0 Å². The topological polar surface area (TPSA) is 24.5 Å². The van der Waals surface area contributed by atoms with E-state index in [9.17, 15) is 0 Å². The summed E-state index contributed by atoms with van der Waals surface area (Å²) in [5, 5.41) is 3.27. The van der Waals surface area contributed by atoms with Gasteiger partial charge in [-0.2, -0.15) is 0 Å². The minimum atomic E-state index is 0.840. The molecule has 1 aromatic rings. The van der Waals surface area contributed by atoms with Gasteiger partial charge in [0.15, 0.2) is 0 Å². The third-order valence-corrected chi connectivity index (χ3v) is 1.69. The first-order valence-electron chi connectivity index (χ1n) is 4.25. The van der Waals surface area contributed by atoms with Gasteiger partial charge in [0.1, 0.15) is 5.75 Å². The zero-order valence-electron chi connectivity index (χ0n) is 8.37. The third kappa shape index (κ3) is 3.34. The lowest BCUT2D eigenvalue weighted by Crippen LogP contribution is -2.20. The van der Waals surface area contributed by atoms with Gasteiger partial charge >= 0.3 is 0 Å². The van der Waals surface area contributed by atoms with Crippen molar-refractivity contribution < 1.29 is 4.74 Å². The number of nitrogens with one attached hydrogen (secondary N) is 1. The summed E-state index contributed by atoms with van der Waals surface area (Å²) in [6, 6.07) is 7.89. The molecule has 0 radical (unpaired) electrons. The summed E-state index contributed by atoms with van der Waals surface area (Å²) in [6.07, 6.45) is 0. The van der Waals surface area contributed by atoms with Crippen LogP contribution in [0, 0.1) is 0 Å². The number of anilines is 1. The molecule has 0 fully saturated rings. The molecule has 0 aliphatic rings. The Hall–Kier alpha value is -1.22. The molecule has 13 heavy (non-hydrogen) atoms. The van der Waals surface area contributed by atoms with Crippen LogP contribution in [0.5, 0.6) is 5.75 Å². The van der Waals surface area contributed by atoms with Gasteiger partial charge in [0.25, 0.3) is 0 Å². The van der Waals surface area contributed by atoms with Crippen LogP contribution in [0.4, 0.5) is 5.69 Å². The zero-order chi connectivity index (χ0) is 9.68. The van der Waals surface area contributed by atoms with Crippen LogP contribution in [0.15, 0.2) is 24.3 Å². The Morgan fingerprint density at radius 3 is 2.31 bits per heavy atom. The lowest BCUT2D eigenvalue weighted by molar-refractivity contribution is 0.414. The largest absolute Gasteiger partial charge is 0.497 e. The molecule has 0 aliphatic carbocycles. The standard InChI is InChI=1S/C10H16N2O/c1-12(2)8-11-9-4-6-10(13-3)7-5-9/h4-7,11H,8H2,1-3H3. The second-order valence-electron chi connectivity index (χ2n) is 3.14. The minimum Gasteiger partial charge on any atom is -0.497 e.